The lowest BCUT2D eigenvalue weighted by Gasteiger charge is -2.33. The van der Waals surface area contributed by atoms with Gasteiger partial charge in [0.15, 0.2) is 6.10 Å². The Morgan fingerprint density at radius 1 is 1.10 bits per heavy atom. The van der Waals surface area contributed by atoms with E-state index >= 15 is 0 Å². The molecule has 1 fully saturated rings. The minimum Gasteiger partial charge on any atom is -0.450 e. The van der Waals surface area contributed by atoms with Gasteiger partial charge in [-0.2, -0.15) is 0 Å². The van der Waals surface area contributed by atoms with Gasteiger partial charge >= 0.3 is 12.1 Å². The van der Waals surface area contributed by atoms with E-state index in [1.165, 1.54) is 16.7 Å². The van der Waals surface area contributed by atoms with Crippen LogP contribution < -0.4 is 16.0 Å². The maximum atomic E-state index is 13.6. The van der Waals surface area contributed by atoms with Gasteiger partial charge in [0.2, 0.25) is 5.91 Å². The molecule has 0 aromatic heterocycles. The standard InChI is InChI=1S/C28H36N4O6S/c1-5-38-27(37)31-26(36)30-21(15-19-12-7-6-8-13-19)22(33)25(35)32-17-39-28(3,4)23(32)24(34)29-16-20-14-10-9-11-18(20)2/h6-14,21-23,33H,5,15-17H2,1-4H3,(H,29,34)(H2,30,31,36,37). The molecule has 3 unspecified atom stereocenters. The number of imide groups is 1. The van der Waals surface area contributed by atoms with Crippen LogP contribution in [0.25, 0.3) is 0 Å². The molecular weight excluding hydrogens is 520 g/mol. The van der Waals surface area contributed by atoms with Gasteiger partial charge < -0.3 is 25.4 Å². The lowest BCUT2D eigenvalue weighted by Crippen LogP contribution is -2.59. The van der Waals surface area contributed by atoms with Gasteiger partial charge in [0, 0.05) is 11.3 Å². The number of nitrogens with one attached hydrogen (secondary N) is 3. The number of benzene rings is 2. The van der Waals surface area contributed by atoms with Gasteiger partial charge in [-0.1, -0.05) is 54.6 Å². The number of aliphatic hydroxyl groups excluding tert-OH is 1. The average molecular weight is 557 g/mol. The summed E-state index contributed by atoms with van der Waals surface area (Å²) in [5.41, 5.74) is 2.76. The number of carbonyl (C=O) groups excluding carboxylic acids is 4. The van der Waals surface area contributed by atoms with E-state index in [9.17, 15) is 24.3 Å². The van der Waals surface area contributed by atoms with Crippen molar-refractivity contribution in [2.45, 2.75) is 63.6 Å². The van der Waals surface area contributed by atoms with Crippen molar-refractivity contribution in [2.75, 3.05) is 12.5 Å². The van der Waals surface area contributed by atoms with E-state index < -0.39 is 41.0 Å². The number of hydrogen-bond acceptors (Lipinski definition) is 7. The third-order valence-electron chi connectivity index (χ3n) is 6.53. The van der Waals surface area contributed by atoms with E-state index in [1.807, 2.05) is 56.4 Å². The normalized spacial score (nSPS) is 17.6. The van der Waals surface area contributed by atoms with Crippen LogP contribution in [0.5, 0.6) is 0 Å². The summed E-state index contributed by atoms with van der Waals surface area (Å²) in [6.45, 7) is 7.69. The Bertz CT molecular complexity index is 1180. The Morgan fingerprint density at radius 2 is 1.77 bits per heavy atom. The molecule has 2 aromatic rings. The molecule has 0 spiro atoms. The highest BCUT2D eigenvalue weighted by atomic mass is 32.2. The molecule has 1 aliphatic heterocycles. The predicted octanol–water partition coefficient (Wildman–Crippen LogP) is 2.72. The molecule has 3 atom stereocenters. The van der Waals surface area contributed by atoms with Crippen molar-refractivity contribution in [1.29, 1.82) is 0 Å². The summed E-state index contributed by atoms with van der Waals surface area (Å²) in [5.74, 6) is -0.832. The molecule has 0 radical (unpaired) electrons. The first-order valence-electron chi connectivity index (χ1n) is 12.8. The molecule has 1 heterocycles. The molecular formula is C28H36N4O6S. The van der Waals surface area contributed by atoms with Crippen molar-refractivity contribution in [3.05, 3.63) is 71.3 Å². The van der Waals surface area contributed by atoms with Crippen LogP contribution in [-0.4, -0.2) is 69.4 Å². The molecule has 210 valence electrons. The monoisotopic (exact) mass is 556 g/mol. The first-order valence-corrected chi connectivity index (χ1v) is 13.7. The second kappa shape index (κ2) is 13.5. The van der Waals surface area contributed by atoms with E-state index in [4.69, 9.17) is 4.74 Å². The number of nitrogens with zero attached hydrogens (tertiary/aromatic N) is 1. The summed E-state index contributed by atoms with van der Waals surface area (Å²) in [5, 5.41) is 18.7. The van der Waals surface area contributed by atoms with Crippen molar-refractivity contribution >= 4 is 35.7 Å². The van der Waals surface area contributed by atoms with Crippen LogP contribution in [0.4, 0.5) is 9.59 Å². The number of rotatable bonds is 9. The number of amides is 5. The van der Waals surface area contributed by atoms with Crippen LogP contribution in [-0.2, 0) is 27.3 Å². The number of alkyl carbamates (subject to hydrolysis) is 1. The smallest absolute Gasteiger partial charge is 0.415 e. The topological polar surface area (TPSA) is 137 Å². The van der Waals surface area contributed by atoms with Crippen molar-refractivity contribution < 1.29 is 29.0 Å². The molecule has 0 saturated carbocycles. The zero-order valence-electron chi connectivity index (χ0n) is 22.6. The van der Waals surface area contributed by atoms with E-state index in [2.05, 4.69) is 10.6 Å². The number of thioether (sulfide) groups is 1. The molecule has 2 aromatic carbocycles. The lowest BCUT2D eigenvalue weighted by atomic mass is 9.97. The van der Waals surface area contributed by atoms with E-state index in [-0.39, 0.29) is 24.8 Å². The predicted molar refractivity (Wildman–Crippen MR) is 149 cm³/mol. The summed E-state index contributed by atoms with van der Waals surface area (Å²) >= 11 is 1.43. The molecule has 4 N–H and O–H groups in total. The fourth-order valence-corrected chi connectivity index (χ4v) is 5.56. The third kappa shape index (κ3) is 7.96. The number of carbonyl (C=O) groups is 4. The zero-order valence-corrected chi connectivity index (χ0v) is 23.4. The third-order valence-corrected chi connectivity index (χ3v) is 7.91. The molecule has 0 bridgehead atoms. The lowest BCUT2D eigenvalue weighted by molar-refractivity contribution is -0.147. The highest BCUT2D eigenvalue weighted by Gasteiger charge is 2.49. The van der Waals surface area contributed by atoms with Gasteiger partial charge in [-0.05, 0) is 50.8 Å². The van der Waals surface area contributed by atoms with Gasteiger partial charge in [0.25, 0.3) is 5.91 Å². The van der Waals surface area contributed by atoms with Crippen molar-refractivity contribution in [3.63, 3.8) is 0 Å². The Labute approximate surface area is 232 Å². The fraction of sp³-hybridized carbons (Fsp3) is 0.429. The molecule has 3 rings (SSSR count). The summed E-state index contributed by atoms with van der Waals surface area (Å²) in [6.07, 6.45) is -2.52. The van der Waals surface area contributed by atoms with E-state index in [0.29, 0.717) is 6.54 Å². The Morgan fingerprint density at radius 3 is 2.44 bits per heavy atom. The molecule has 11 heteroatoms. The highest BCUT2D eigenvalue weighted by Crippen LogP contribution is 2.40. The zero-order chi connectivity index (χ0) is 28.6. The second-order valence-electron chi connectivity index (χ2n) is 9.79. The number of ether oxygens (including phenoxy) is 1. The van der Waals surface area contributed by atoms with Crippen molar-refractivity contribution in [1.82, 2.24) is 20.9 Å². The van der Waals surface area contributed by atoms with Gasteiger partial charge in [0.1, 0.15) is 6.04 Å². The molecule has 0 aliphatic carbocycles. The van der Waals surface area contributed by atoms with Gasteiger partial charge in [-0.25, -0.2) is 14.9 Å². The van der Waals surface area contributed by atoms with E-state index in [1.54, 1.807) is 31.2 Å². The molecule has 1 aliphatic rings. The molecule has 10 nitrogen and oxygen atoms in total. The Balaban J connectivity index is 1.77. The minimum absolute atomic E-state index is 0.0728. The Hall–Kier alpha value is -3.57. The average Bonchev–Trinajstić information content (AvgIpc) is 3.22. The van der Waals surface area contributed by atoms with Crippen LogP contribution in [0, 0.1) is 6.92 Å². The van der Waals surface area contributed by atoms with Crippen LogP contribution in [0.15, 0.2) is 54.6 Å². The Kier molecular flexibility index (Phi) is 10.4. The largest absolute Gasteiger partial charge is 0.450 e. The van der Waals surface area contributed by atoms with Crippen molar-refractivity contribution in [3.8, 4) is 0 Å². The van der Waals surface area contributed by atoms with Crippen LogP contribution in [0.2, 0.25) is 0 Å². The van der Waals surface area contributed by atoms with Crippen LogP contribution in [0.1, 0.15) is 37.5 Å². The molecule has 5 amide bonds. The van der Waals surface area contributed by atoms with Gasteiger partial charge in [-0.3, -0.25) is 9.59 Å². The second-order valence-corrected chi connectivity index (χ2v) is 11.4. The highest BCUT2D eigenvalue weighted by molar-refractivity contribution is 8.00. The van der Waals surface area contributed by atoms with Gasteiger partial charge in [-0.15, -0.1) is 11.8 Å². The number of aliphatic hydroxyl groups is 1. The first kappa shape index (κ1) is 30.0. The fourth-order valence-electron chi connectivity index (χ4n) is 4.42. The quantitative estimate of drug-likeness (QED) is 0.373. The summed E-state index contributed by atoms with van der Waals surface area (Å²) in [4.78, 5) is 52.5. The van der Waals surface area contributed by atoms with E-state index in [0.717, 1.165) is 16.7 Å². The summed E-state index contributed by atoms with van der Waals surface area (Å²) in [6, 6.07) is 13.9. The summed E-state index contributed by atoms with van der Waals surface area (Å²) < 4.78 is 4.12. The maximum Gasteiger partial charge on any atom is 0.415 e. The van der Waals surface area contributed by atoms with Gasteiger partial charge in [0.05, 0.1) is 18.5 Å². The maximum absolute atomic E-state index is 13.6. The van der Waals surface area contributed by atoms with Crippen LogP contribution >= 0.6 is 11.8 Å². The summed E-state index contributed by atoms with van der Waals surface area (Å²) in [7, 11) is 0. The van der Waals surface area contributed by atoms with Crippen molar-refractivity contribution in [2.24, 2.45) is 0 Å². The first-order chi connectivity index (χ1) is 18.5. The molecule has 1 saturated heterocycles. The number of urea groups is 1. The minimum atomic E-state index is -1.68. The van der Waals surface area contributed by atoms with Crippen LogP contribution in [0.3, 0.4) is 0 Å². The molecule has 39 heavy (non-hydrogen) atoms. The number of aryl methyl sites for hydroxylation is 1. The SMILES string of the molecule is CCOC(=O)NC(=O)NC(Cc1ccccc1)C(O)C(=O)N1CSC(C)(C)C1C(=O)NCc1ccccc1C. The number of hydrogen-bond donors (Lipinski definition) is 4.